The molecule has 0 radical (unpaired) electrons. The van der Waals surface area contributed by atoms with Gasteiger partial charge < -0.3 is 10.7 Å². The molecule has 4 N–H and O–H groups in total. The first kappa shape index (κ1) is 8.19. The number of quaternary nitrogens is 1. The number of aromatic nitrogens is 1. The molecule has 0 saturated carbocycles. The molecule has 0 atom stereocenters. The fraction of sp³-hybridized carbons (Fsp3) is 0.111. The fourth-order valence-electron chi connectivity index (χ4n) is 1.33. The first-order chi connectivity index (χ1) is 6.22. The largest absolute Gasteiger partial charge is 0.354 e. The molecule has 1 aromatic carbocycles. The maximum Gasteiger partial charge on any atom is 0.168 e. The summed E-state index contributed by atoms with van der Waals surface area (Å²) in [4.78, 5) is 2.94. The second kappa shape index (κ2) is 2.81. The van der Waals surface area contributed by atoms with Crippen molar-refractivity contribution in [2.45, 2.75) is 6.54 Å². The van der Waals surface area contributed by atoms with Crippen molar-refractivity contribution in [1.29, 1.82) is 0 Å². The number of rotatable bonds is 1. The van der Waals surface area contributed by atoms with Gasteiger partial charge in [-0.05, 0) is 18.2 Å². The number of H-pyrrole nitrogens is 1. The Labute approximate surface area is 73.4 Å². The van der Waals surface area contributed by atoms with Crippen LogP contribution in [0.1, 0.15) is 5.69 Å². The lowest BCUT2D eigenvalue weighted by Gasteiger charge is -1.92. The second-order valence-corrected chi connectivity index (χ2v) is 2.87. The standard InChI is InChI=1S/C9H8F2N2/c10-7-1-2-8-6(9(7)11)3-5(4-12)13-8/h1-3,13H,4,12H2/p+1. The van der Waals surface area contributed by atoms with E-state index >= 15 is 0 Å². The van der Waals surface area contributed by atoms with Gasteiger partial charge in [0.2, 0.25) is 0 Å². The van der Waals surface area contributed by atoms with Crippen LogP contribution in [0.4, 0.5) is 8.78 Å². The van der Waals surface area contributed by atoms with Crippen LogP contribution in [0.15, 0.2) is 18.2 Å². The van der Waals surface area contributed by atoms with Gasteiger partial charge in [0.25, 0.3) is 0 Å². The second-order valence-electron chi connectivity index (χ2n) is 2.87. The summed E-state index contributed by atoms with van der Waals surface area (Å²) in [6, 6.07) is 4.22. The summed E-state index contributed by atoms with van der Waals surface area (Å²) in [6.07, 6.45) is 0. The van der Waals surface area contributed by atoms with Gasteiger partial charge in [0.05, 0.1) is 5.69 Å². The summed E-state index contributed by atoms with van der Waals surface area (Å²) in [7, 11) is 0. The van der Waals surface area contributed by atoms with Crippen molar-refractivity contribution in [1.82, 2.24) is 4.98 Å². The molecule has 0 saturated heterocycles. The quantitative estimate of drug-likeness (QED) is 0.667. The Morgan fingerprint density at radius 2 is 2.08 bits per heavy atom. The van der Waals surface area contributed by atoms with Crippen molar-refractivity contribution in [3.8, 4) is 0 Å². The molecular formula is C9H9F2N2+. The number of hydrogen-bond donors (Lipinski definition) is 2. The molecular weight excluding hydrogens is 174 g/mol. The molecule has 0 aliphatic rings. The molecule has 0 aliphatic heterocycles. The summed E-state index contributed by atoms with van der Waals surface area (Å²) in [5.41, 5.74) is 5.07. The molecule has 0 bridgehead atoms. The van der Waals surface area contributed by atoms with Crippen LogP contribution in [-0.2, 0) is 6.54 Å². The van der Waals surface area contributed by atoms with Gasteiger partial charge in [-0.15, -0.1) is 0 Å². The Bertz CT molecular complexity index is 448. The van der Waals surface area contributed by atoms with E-state index in [2.05, 4.69) is 10.7 Å². The van der Waals surface area contributed by atoms with Crippen molar-refractivity contribution < 1.29 is 14.5 Å². The SMILES string of the molecule is [NH3+]Cc1cc2c(F)c(F)ccc2[nH]1. The van der Waals surface area contributed by atoms with Gasteiger partial charge in [0.1, 0.15) is 6.54 Å². The predicted octanol–water partition coefficient (Wildman–Crippen LogP) is 1.19. The minimum absolute atomic E-state index is 0.290. The zero-order chi connectivity index (χ0) is 9.42. The van der Waals surface area contributed by atoms with E-state index in [0.29, 0.717) is 17.4 Å². The van der Waals surface area contributed by atoms with Gasteiger partial charge in [0, 0.05) is 10.9 Å². The zero-order valence-electron chi connectivity index (χ0n) is 6.90. The highest BCUT2D eigenvalue weighted by atomic mass is 19.2. The van der Waals surface area contributed by atoms with Crippen LogP contribution >= 0.6 is 0 Å². The van der Waals surface area contributed by atoms with Crippen LogP contribution in [0.3, 0.4) is 0 Å². The third-order valence-electron chi connectivity index (χ3n) is 2.02. The van der Waals surface area contributed by atoms with Crippen LogP contribution in [0.25, 0.3) is 10.9 Å². The highest BCUT2D eigenvalue weighted by Gasteiger charge is 2.09. The van der Waals surface area contributed by atoms with Gasteiger partial charge in [0.15, 0.2) is 11.6 Å². The first-order valence-electron chi connectivity index (χ1n) is 3.97. The van der Waals surface area contributed by atoms with Crippen LogP contribution in [0, 0.1) is 11.6 Å². The van der Waals surface area contributed by atoms with Gasteiger partial charge in [-0.25, -0.2) is 8.78 Å². The van der Waals surface area contributed by atoms with Crippen molar-refractivity contribution in [2.24, 2.45) is 0 Å². The highest BCUT2D eigenvalue weighted by Crippen LogP contribution is 2.20. The molecule has 2 rings (SSSR count). The number of halogens is 2. The van der Waals surface area contributed by atoms with Crippen LogP contribution < -0.4 is 5.73 Å². The lowest BCUT2D eigenvalue weighted by atomic mass is 10.2. The maximum absolute atomic E-state index is 13.1. The minimum Gasteiger partial charge on any atom is -0.354 e. The third kappa shape index (κ3) is 1.19. The Morgan fingerprint density at radius 1 is 1.31 bits per heavy atom. The predicted molar refractivity (Wildman–Crippen MR) is 44.8 cm³/mol. The maximum atomic E-state index is 13.1. The number of hydrogen-bond acceptors (Lipinski definition) is 0. The number of benzene rings is 1. The van der Waals surface area contributed by atoms with E-state index in [1.54, 1.807) is 6.07 Å². The monoisotopic (exact) mass is 183 g/mol. The average Bonchev–Trinajstić information content (AvgIpc) is 2.55. The van der Waals surface area contributed by atoms with Crippen molar-refractivity contribution in [2.75, 3.05) is 0 Å². The highest BCUT2D eigenvalue weighted by molar-refractivity contribution is 5.81. The Balaban J connectivity index is 2.76. The molecule has 0 fully saturated rings. The number of aromatic amines is 1. The van der Waals surface area contributed by atoms with Crippen molar-refractivity contribution >= 4 is 10.9 Å². The van der Waals surface area contributed by atoms with Gasteiger partial charge >= 0.3 is 0 Å². The van der Waals surface area contributed by atoms with Gasteiger partial charge in [-0.1, -0.05) is 0 Å². The Hall–Kier alpha value is -1.42. The molecule has 2 aromatic rings. The summed E-state index contributed by atoms with van der Waals surface area (Å²) in [6.45, 7) is 0.537. The molecule has 4 heteroatoms. The summed E-state index contributed by atoms with van der Waals surface area (Å²) in [5, 5.41) is 0.290. The Morgan fingerprint density at radius 3 is 2.77 bits per heavy atom. The molecule has 13 heavy (non-hydrogen) atoms. The molecule has 0 amide bonds. The van der Waals surface area contributed by atoms with Crippen LogP contribution in [0.5, 0.6) is 0 Å². The normalized spacial score (nSPS) is 11.0. The average molecular weight is 183 g/mol. The minimum atomic E-state index is -0.817. The van der Waals surface area contributed by atoms with E-state index in [0.717, 1.165) is 11.8 Å². The fourth-order valence-corrected chi connectivity index (χ4v) is 1.33. The molecule has 1 aromatic heterocycles. The smallest absolute Gasteiger partial charge is 0.168 e. The van der Waals surface area contributed by atoms with Crippen molar-refractivity contribution in [3.63, 3.8) is 0 Å². The summed E-state index contributed by atoms with van der Waals surface area (Å²) >= 11 is 0. The lowest BCUT2D eigenvalue weighted by Crippen LogP contribution is -2.47. The van der Waals surface area contributed by atoms with Crippen LogP contribution in [0.2, 0.25) is 0 Å². The molecule has 68 valence electrons. The number of nitrogens with one attached hydrogen (secondary N) is 1. The van der Waals surface area contributed by atoms with E-state index < -0.39 is 11.6 Å². The number of fused-ring (bicyclic) bond motifs is 1. The summed E-state index contributed by atoms with van der Waals surface area (Å²) in [5.74, 6) is -1.62. The van der Waals surface area contributed by atoms with E-state index in [1.807, 2.05) is 0 Å². The molecule has 0 spiro atoms. The molecule has 2 nitrogen and oxygen atoms in total. The summed E-state index contributed by atoms with van der Waals surface area (Å²) < 4.78 is 25.9. The van der Waals surface area contributed by atoms with E-state index in [9.17, 15) is 8.78 Å². The topological polar surface area (TPSA) is 43.4 Å². The zero-order valence-corrected chi connectivity index (χ0v) is 6.90. The first-order valence-corrected chi connectivity index (χ1v) is 3.97. The van der Waals surface area contributed by atoms with E-state index in [-0.39, 0.29) is 0 Å². The van der Waals surface area contributed by atoms with Crippen LogP contribution in [-0.4, -0.2) is 4.98 Å². The van der Waals surface area contributed by atoms with Crippen molar-refractivity contribution in [3.05, 3.63) is 35.5 Å². The van der Waals surface area contributed by atoms with Gasteiger partial charge in [-0.3, -0.25) is 0 Å². The Kier molecular flexibility index (Phi) is 1.77. The molecule has 0 unspecified atom stereocenters. The third-order valence-corrected chi connectivity index (χ3v) is 2.02. The molecule has 0 aliphatic carbocycles. The molecule has 1 heterocycles. The van der Waals surface area contributed by atoms with E-state index in [4.69, 9.17) is 0 Å². The lowest BCUT2D eigenvalue weighted by molar-refractivity contribution is -0.387. The van der Waals surface area contributed by atoms with Gasteiger partial charge in [-0.2, -0.15) is 0 Å². The van der Waals surface area contributed by atoms with E-state index in [1.165, 1.54) is 6.07 Å².